The third-order valence-electron chi connectivity index (χ3n) is 3.56. The average molecular weight is 345 g/mol. The fraction of sp³-hybridized carbons (Fsp3) is 0.167. The van der Waals surface area contributed by atoms with E-state index in [2.05, 4.69) is 10.3 Å². The van der Waals surface area contributed by atoms with E-state index in [4.69, 9.17) is 15.2 Å². The van der Waals surface area contributed by atoms with Crippen LogP contribution in [0.4, 0.5) is 14.5 Å². The molecule has 0 saturated heterocycles. The molecule has 3 aromatic rings. The van der Waals surface area contributed by atoms with Crippen LogP contribution < -0.4 is 20.5 Å². The predicted octanol–water partition coefficient (Wildman–Crippen LogP) is 3.68. The van der Waals surface area contributed by atoms with E-state index in [0.29, 0.717) is 41.2 Å². The average Bonchev–Trinajstić information content (AvgIpc) is 2.62. The van der Waals surface area contributed by atoms with Gasteiger partial charge in [-0.2, -0.15) is 0 Å². The fourth-order valence-corrected chi connectivity index (χ4v) is 2.37. The first-order chi connectivity index (χ1) is 12.1. The highest BCUT2D eigenvalue weighted by atomic mass is 19.1. The Kier molecular flexibility index (Phi) is 4.95. The van der Waals surface area contributed by atoms with Crippen molar-refractivity contribution in [3.8, 4) is 17.2 Å². The Hall–Kier alpha value is -2.93. The number of pyridine rings is 1. The molecule has 130 valence electrons. The van der Waals surface area contributed by atoms with E-state index < -0.39 is 17.4 Å². The molecular formula is C18H17F2N3O2. The number of fused-ring (bicyclic) bond motifs is 1. The Bertz CT molecular complexity index is 880. The normalized spacial score (nSPS) is 10.7. The summed E-state index contributed by atoms with van der Waals surface area (Å²) in [6, 6.07) is 9.05. The third kappa shape index (κ3) is 3.61. The minimum absolute atomic E-state index is 0.297. The summed E-state index contributed by atoms with van der Waals surface area (Å²) in [4.78, 5) is 4.24. The van der Waals surface area contributed by atoms with Crippen LogP contribution in [0.2, 0.25) is 0 Å². The van der Waals surface area contributed by atoms with Gasteiger partial charge in [0, 0.05) is 49.1 Å². The molecule has 1 heterocycles. The smallest absolute Gasteiger partial charge is 0.198 e. The highest BCUT2D eigenvalue weighted by Crippen LogP contribution is 2.34. The summed E-state index contributed by atoms with van der Waals surface area (Å²) < 4.78 is 39.2. The SMILES string of the molecule is CNc1cc(F)c(Oc2ccnc3cc(OCCN)ccc23)c(F)c1. The van der Waals surface area contributed by atoms with Gasteiger partial charge < -0.3 is 20.5 Å². The molecule has 0 radical (unpaired) electrons. The molecule has 3 rings (SSSR count). The second-order valence-electron chi connectivity index (χ2n) is 5.25. The molecule has 0 fully saturated rings. The van der Waals surface area contributed by atoms with Crippen LogP contribution in [0.25, 0.3) is 10.9 Å². The maximum absolute atomic E-state index is 14.1. The summed E-state index contributed by atoms with van der Waals surface area (Å²) in [6.07, 6.45) is 1.50. The van der Waals surface area contributed by atoms with Gasteiger partial charge in [0.2, 0.25) is 0 Å². The molecule has 0 aliphatic heterocycles. The van der Waals surface area contributed by atoms with Crippen molar-refractivity contribution in [1.82, 2.24) is 4.98 Å². The van der Waals surface area contributed by atoms with Gasteiger partial charge >= 0.3 is 0 Å². The van der Waals surface area contributed by atoms with E-state index in [1.165, 1.54) is 18.3 Å². The summed E-state index contributed by atoms with van der Waals surface area (Å²) in [6.45, 7) is 0.783. The minimum atomic E-state index is -0.794. The van der Waals surface area contributed by atoms with E-state index in [0.717, 1.165) is 0 Å². The lowest BCUT2D eigenvalue weighted by molar-refractivity contribution is 0.328. The molecule has 0 aliphatic rings. The van der Waals surface area contributed by atoms with Gasteiger partial charge in [-0.3, -0.25) is 4.98 Å². The van der Waals surface area contributed by atoms with Crippen molar-refractivity contribution in [1.29, 1.82) is 0 Å². The van der Waals surface area contributed by atoms with Crippen LogP contribution in [0.3, 0.4) is 0 Å². The van der Waals surface area contributed by atoms with Crippen LogP contribution in [-0.2, 0) is 0 Å². The fourth-order valence-electron chi connectivity index (χ4n) is 2.37. The van der Waals surface area contributed by atoms with Crippen molar-refractivity contribution in [2.75, 3.05) is 25.5 Å². The zero-order chi connectivity index (χ0) is 17.8. The second kappa shape index (κ2) is 7.31. The lowest BCUT2D eigenvalue weighted by Crippen LogP contribution is -2.10. The molecule has 0 bridgehead atoms. The lowest BCUT2D eigenvalue weighted by Gasteiger charge is -2.12. The number of halogens is 2. The largest absolute Gasteiger partial charge is 0.492 e. The number of nitrogens with zero attached hydrogens (tertiary/aromatic N) is 1. The number of nitrogens with two attached hydrogens (primary N) is 1. The number of nitrogens with one attached hydrogen (secondary N) is 1. The number of hydrogen-bond acceptors (Lipinski definition) is 5. The standard InChI is InChI=1S/C18H17F2N3O2/c1-22-11-8-14(19)18(15(20)9-11)25-17-4-6-23-16-10-12(24-7-5-21)2-3-13(16)17/h2-4,6,8-10,22H,5,7,21H2,1H3. The van der Waals surface area contributed by atoms with Gasteiger partial charge in [0.05, 0.1) is 5.52 Å². The van der Waals surface area contributed by atoms with Gasteiger partial charge in [-0.25, -0.2) is 8.78 Å². The zero-order valence-corrected chi connectivity index (χ0v) is 13.6. The topological polar surface area (TPSA) is 69.4 Å². The van der Waals surface area contributed by atoms with E-state index in [-0.39, 0.29) is 0 Å². The summed E-state index contributed by atoms with van der Waals surface area (Å²) in [7, 11) is 1.58. The highest BCUT2D eigenvalue weighted by molar-refractivity contribution is 5.86. The molecule has 0 saturated carbocycles. The summed E-state index contributed by atoms with van der Waals surface area (Å²) in [5, 5.41) is 3.29. The number of ether oxygens (including phenoxy) is 2. The Labute approximate surface area is 143 Å². The van der Waals surface area contributed by atoms with Crippen molar-refractivity contribution in [2.24, 2.45) is 5.73 Å². The summed E-state index contributed by atoms with van der Waals surface area (Å²) >= 11 is 0. The van der Waals surface area contributed by atoms with Crippen LogP contribution in [0.15, 0.2) is 42.6 Å². The maximum atomic E-state index is 14.1. The monoisotopic (exact) mass is 345 g/mol. The van der Waals surface area contributed by atoms with Gasteiger partial charge in [0.15, 0.2) is 17.4 Å². The summed E-state index contributed by atoms with van der Waals surface area (Å²) in [5.41, 5.74) is 6.32. The molecule has 2 aromatic carbocycles. The van der Waals surface area contributed by atoms with Crippen LogP contribution in [0, 0.1) is 11.6 Å². The number of rotatable bonds is 6. The van der Waals surface area contributed by atoms with E-state index >= 15 is 0 Å². The lowest BCUT2D eigenvalue weighted by atomic mass is 10.2. The Morgan fingerprint density at radius 3 is 2.56 bits per heavy atom. The Morgan fingerprint density at radius 2 is 1.88 bits per heavy atom. The first-order valence-electron chi connectivity index (χ1n) is 7.68. The molecule has 0 unspecified atom stereocenters. The molecule has 1 aromatic heterocycles. The van der Waals surface area contributed by atoms with Crippen LogP contribution in [0.5, 0.6) is 17.2 Å². The van der Waals surface area contributed by atoms with Crippen molar-refractivity contribution >= 4 is 16.6 Å². The molecule has 0 atom stereocenters. The van der Waals surface area contributed by atoms with E-state index in [1.807, 2.05) is 0 Å². The van der Waals surface area contributed by atoms with Gasteiger partial charge in [0.25, 0.3) is 0 Å². The maximum Gasteiger partial charge on any atom is 0.198 e. The molecule has 7 heteroatoms. The van der Waals surface area contributed by atoms with Crippen LogP contribution in [-0.4, -0.2) is 25.2 Å². The van der Waals surface area contributed by atoms with Gasteiger partial charge in [-0.05, 0) is 18.2 Å². The van der Waals surface area contributed by atoms with Crippen LogP contribution in [0.1, 0.15) is 0 Å². The first kappa shape index (κ1) is 16.9. The number of anilines is 1. The molecule has 0 spiro atoms. The molecule has 5 nitrogen and oxygen atoms in total. The number of aromatic nitrogens is 1. The number of hydrogen-bond donors (Lipinski definition) is 2. The van der Waals surface area contributed by atoms with E-state index in [1.54, 1.807) is 31.3 Å². The van der Waals surface area contributed by atoms with Gasteiger partial charge in [-0.1, -0.05) is 0 Å². The quantitative estimate of drug-likeness (QED) is 0.713. The molecule has 0 amide bonds. The zero-order valence-electron chi connectivity index (χ0n) is 13.6. The Morgan fingerprint density at radius 1 is 1.12 bits per heavy atom. The second-order valence-corrected chi connectivity index (χ2v) is 5.25. The predicted molar refractivity (Wildman–Crippen MR) is 92.3 cm³/mol. The third-order valence-corrected chi connectivity index (χ3v) is 3.56. The number of benzene rings is 2. The molecular weight excluding hydrogens is 328 g/mol. The Balaban J connectivity index is 1.97. The van der Waals surface area contributed by atoms with Crippen molar-refractivity contribution in [2.45, 2.75) is 0 Å². The molecule has 0 aliphatic carbocycles. The minimum Gasteiger partial charge on any atom is -0.492 e. The molecule has 3 N–H and O–H groups in total. The highest BCUT2D eigenvalue weighted by Gasteiger charge is 2.15. The van der Waals surface area contributed by atoms with Crippen molar-refractivity contribution < 1.29 is 18.3 Å². The van der Waals surface area contributed by atoms with Crippen LogP contribution >= 0.6 is 0 Å². The first-order valence-corrected chi connectivity index (χ1v) is 7.68. The van der Waals surface area contributed by atoms with Gasteiger partial charge in [-0.15, -0.1) is 0 Å². The van der Waals surface area contributed by atoms with Crippen molar-refractivity contribution in [3.63, 3.8) is 0 Å². The molecule has 25 heavy (non-hydrogen) atoms. The van der Waals surface area contributed by atoms with E-state index in [9.17, 15) is 8.78 Å². The van der Waals surface area contributed by atoms with Gasteiger partial charge in [0.1, 0.15) is 18.1 Å². The summed E-state index contributed by atoms with van der Waals surface area (Å²) in [5.74, 6) is -1.15. The van der Waals surface area contributed by atoms with Crippen molar-refractivity contribution in [3.05, 3.63) is 54.2 Å².